The first kappa shape index (κ1) is 17.9. The van der Waals surface area contributed by atoms with Gasteiger partial charge in [0, 0.05) is 10.7 Å². The first-order valence-electron chi connectivity index (χ1n) is 7.53. The quantitative estimate of drug-likeness (QED) is 0.824. The van der Waals surface area contributed by atoms with Crippen molar-refractivity contribution in [2.24, 2.45) is 0 Å². The first-order valence-corrected chi connectivity index (χ1v) is 7.91. The molecule has 4 nitrogen and oxygen atoms in total. The highest BCUT2D eigenvalue weighted by atomic mass is 35.5. The monoisotopic (exact) mass is 345 g/mol. The number of ether oxygens (including phenoxy) is 2. The number of benzene rings is 2. The summed E-state index contributed by atoms with van der Waals surface area (Å²) in [6, 6.07) is 10.9. The lowest BCUT2D eigenvalue weighted by molar-refractivity contribution is -0.118. The van der Waals surface area contributed by atoms with Gasteiger partial charge in [0.1, 0.15) is 0 Å². The van der Waals surface area contributed by atoms with Crippen LogP contribution in [0.1, 0.15) is 18.1 Å². The Labute approximate surface area is 147 Å². The molecule has 24 heavy (non-hydrogen) atoms. The maximum atomic E-state index is 12.1. The number of allylic oxidation sites excluding steroid dienone is 1. The van der Waals surface area contributed by atoms with E-state index in [9.17, 15) is 4.79 Å². The topological polar surface area (TPSA) is 47.6 Å². The van der Waals surface area contributed by atoms with Crippen LogP contribution in [0.15, 0.2) is 42.5 Å². The number of halogens is 1. The van der Waals surface area contributed by atoms with E-state index in [1.54, 1.807) is 31.4 Å². The molecule has 1 amide bonds. The zero-order chi connectivity index (χ0) is 17.5. The molecule has 0 aliphatic rings. The molecule has 0 aromatic heterocycles. The van der Waals surface area contributed by atoms with Crippen LogP contribution in [-0.2, 0) is 4.79 Å². The lowest BCUT2D eigenvalue weighted by Crippen LogP contribution is -2.20. The maximum Gasteiger partial charge on any atom is 0.262 e. The van der Waals surface area contributed by atoms with Crippen LogP contribution in [-0.4, -0.2) is 19.6 Å². The van der Waals surface area contributed by atoms with Crippen molar-refractivity contribution in [3.8, 4) is 11.5 Å². The van der Waals surface area contributed by atoms with Crippen LogP contribution in [0.2, 0.25) is 5.02 Å². The smallest absolute Gasteiger partial charge is 0.262 e. The average molecular weight is 346 g/mol. The lowest BCUT2D eigenvalue weighted by atomic mass is 10.2. The second kappa shape index (κ2) is 8.41. The number of carbonyl (C=O) groups is 1. The molecular weight excluding hydrogens is 326 g/mol. The summed E-state index contributed by atoms with van der Waals surface area (Å²) < 4.78 is 10.9. The predicted molar refractivity (Wildman–Crippen MR) is 98.0 cm³/mol. The van der Waals surface area contributed by atoms with Gasteiger partial charge in [0.2, 0.25) is 0 Å². The van der Waals surface area contributed by atoms with Gasteiger partial charge in [0.05, 0.1) is 7.11 Å². The Balaban J connectivity index is 2.02. The summed E-state index contributed by atoms with van der Waals surface area (Å²) in [7, 11) is 1.57. The van der Waals surface area contributed by atoms with Crippen LogP contribution < -0.4 is 14.8 Å². The molecule has 0 unspecified atom stereocenters. The zero-order valence-corrected chi connectivity index (χ0v) is 14.7. The van der Waals surface area contributed by atoms with Crippen molar-refractivity contribution >= 4 is 29.3 Å². The molecule has 2 aromatic rings. The summed E-state index contributed by atoms with van der Waals surface area (Å²) in [5.41, 5.74) is 2.49. The maximum absolute atomic E-state index is 12.1. The Morgan fingerprint density at radius 1 is 1.25 bits per heavy atom. The number of rotatable bonds is 6. The van der Waals surface area contributed by atoms with Crippen molar-refractivity contribution < 1.29 is 14.3 Å². The van der Waals surface area contributed by atoms with Gasteiger partial charge in [-0.15, -0.1) is 0 Å². The fraction of sp³-hybridized carbons (Fsp3) is 0.211. The van der Waals surface area contributed by atoms with Gasteiger partial charge in [-0.25, -0.2) is 0 Å². The third kappa shape index (κ3) is 4.52. The van der Waals surface area contributed by atoms with E-state index in [1.165, 1.54) is 0 Å². The second-order valence-corrected chi connectivity index (χ2v) is 5.57. The Hall–Kier alpha value is -2.46. The van der Waals surface area contributed by atoms with Gasteiger partial charge < -0.3 is 14.8 Å². The molecule has 0 heterocycles. The highest BCUT2D eigenvalue weighted by Gasteiger charge is 2.10. The molecule has 0 saturated carbocycles. The molecule has 126 valence electrons. The summed E-state index contributed by atoms with van der Waals surface area (Å²) in [5.74, 6) is 0.834. The number of methoxy groups -OCH3 is 1. The van der Waals surface area contributed by atoms with Crippen LogP contribution >= 0.6 is 11.6 Å². The Morgan fingerprint density at radius 3 is 2.75 bits per heavy atom. The van der Waals surface area contributed by atoms with Crippen molar-refractivity contribution in [2.45, 2.75) is 13.8 Å². The Kier molecular flexibility index (Phi) is 6.27. The van der Waals surface area contributed by atoms with E-state index in [0.717, 1.165) is 11.1 Å². The van der Waals surface area contributed by atoms with Crippen LogP contribution in [0, 0.1) is 6.92 Å². The van der Waals surface area contributed by atoms with Gasteiger partial charge in [-0.2, -0.15) is 0 Å². The molecule has 0 aliphatic heterocycles. The molecule has 2 aromatic carbocycles. The molecule has 1 N–H and O–H groups in total. The number of hydrogen-bond acceptors (Lipinski definition) is 3. The lowest BCUT2D eigenvalue weighted by Gasteiger charge is -2.12. The van der Waals surface area contributed by atoms with E-state index in [0.29, 0.717) is 22.2 Å². The van der Waals surface area contributed by atoms with Crippen LogP contribution in [0.25, 0.3) is 6.08 Å². The van der Waals surface area contributed by atoms with Crippen LogP contribution in [0.5, 0.6) is 11.5 Å². The van der Waals surface area contributed by atoms with Crippen molar-refractivity contribution in [3.63, 3.8) is 0 Å². The SMILES string of the molecule is C/C=C\c1ccc(OCC(=O)Nc2cccc(Cl)c2C)c(OC)c1. The van der Waals surface area contributed by atoms with E-state index in [4.69, 9.17) is 21.1 Å². The minimum absolute atomic E-state index is 0.120. The fourth-order valence-electron chi connectivity index (χ4n) is 2.17. The minimum atomic E-state index is -0.264. The highest BCUT2D eigenvalue weighted by molar-refractivity contribution is 6.31. The standard InChI is InChI=1S/C19H20ClNO3/c1-4-6-14-9-10-17(18(11-14)23-3)24-12-19(22)21-16-8-5-7-15(20)13(16)2/h4-11H,12H2,1-3H3,(H,21,22)/b6-4-. The van der Waals surface area contributed by atoms with Crippen molar-refractivity contribution in [1.82, 2.24) is 0 Å². The Bertz CT molecular complexity index is 756. The van der Waals surface area contributed by atoms with E-state index in [1.807, 2.05) is 38.1 Å². The number of hydrogen-bond donors (Lipinski definition) is 1. The molecular formula is C19H20ClNO3. The van der Waals surface area contributed by atoms with Crippen LogP contribution in [0.3, 0.4) is 0 Å². The van der Waals surface area contributed by atoms with Gasteiger partial charge in [0.15, 0.2) is 18.1 Å². The minimum Gasteiger partial charge on any atom is -0.493 e. The summed E-state index contributed by atoms with van der Waals surface area (Å²) in [5, 5.41) is 3.40. The molecule has 0 spiro atoms. The first-order chi connectivity index (χ1) is 11.5. The van der Waals surface area contributed by atoms with E-state index >= 15 is 0 Å². The summed E-state index contributed by atoms with van der Waals surface area (Å²) >= 11 is 6.05. The molecule has 0 atom stereocenters. The van der Waals surface area contributed by atoms with Gasteiger partial charge >= 0.3 is 0 Å². The highest BCUT2D eigenvalue weighted by Crippen LogP contribution is 2.28. The number of nitrogens with one attached hydrogen (secondary N) is 1. The number of carbonyl (C=O) groups excluding carboxylic acids is 1. The number of anilines is 1. The largest absolute Gasteiger partial charge is 0.493 e. The zero-order valence-electron chi connectivity index (χ0n) is 13.9. The molecule has 0 bridgehead atoms. The molecule has 2 rings (SSSR count). The molecule has 0 saturated heterocycles. The summed E-state index contributed by atoms with van der Waals surface area (Å²) in [6.45, 7) is 3.67. The van der Waals surface area contributed by atoms with Gasteiger partial charge in [-0.1, -0.05) is 35.9 Å². The average Bonchev–Trinajstić information content (AvgIpc) is 2.58. The number of amides is 1. The Morgan fingerprint density at radius 2 is 2.04 bits per heavy atom. The molecule has 0 fully saturated rings. The van der Waals surface area contributed by atoms with Crippen molar-refractivity contribution in [2.75, 3.05) is 19.0 Å². The van der Waals surface area contributed by atoms with Crippen molar-refractivity contribution in [1.29, 1.82) is 0 Å². The second-order valence-electron chi connectivity index (χ2n) is 5.16. The predicted octanol–water partition coefficient (Wildman–Crippen LogP) is 4.71. The summed E-state index contributed by atoms with van der Waals surface area (Å²) in [4.78, 5) is 12.1. The third-order valence-corrected chi connectivity index (χ3v) is 3.86. The van der Waals surface area contributed by atoms with Gasteiger partial charge in [-0.3, -0.25) is 4.79 Å². The van der Waals surface area contributed by atoms with Crippen molar-refractivity contribution in [3.05, 3.63) is 58.6 Å². The van der Waals surface area contributed by atoms with E-state index in [2.05, 4.69) is 5.32 Å². The summed E-state index contributed by atoms with van der Waals surface area (Å²) in [6.07, 6.45) is 3.90. The molecule has 5 heteroatoms. The third-order valence-electron chi connectivity index (χ3n) is 3.45. The van der Waals surface area contributed by atoms with Gasteiger partial charge in [-0.05, 0) is 49.2 Å². The normalized spacial score (nSPS) is 10.7. The van der Waals surface area contributed by atoms with E-state index < -0.39 is 0 Å². The van der Waals surface area contributed by atoms with Crippen LogP contribution in [0.4, 0.5) is 5.69 Å². The fourth-order valence-corrected chi connectivity index (χ4v) is 2.35. The van der Waals surface area contributed by atoms with E-state index in [-0.39, 0.29) is 12.5 Å². The molecule has 0 radical (unpaired) electrons. The molecule has 0 aliphatic carbocycles. The van der Waals surface area contributed by atoms with Gasteiger partial charge in [0.25, 0.3) is 5.91 Å².